The summed E-state index contributed by atoms with van der Waals surface area (Å²) >= 11 is 0. The zero-order chi connectivity index (χ0) is 11.5. The van der Waals surface area contributed by atoms with Crippen LogP contribution in [0.4, 0.5) is 0 Å². The van der Waals surface area contributed by atoms with Gasteiger partial charge in [-0.3, -0.25) is 4.90 Å². The van der Waals surface area contributed by atoms with Crippen molar-refractivity contribution in [2.75, 3.05) is 26.2 Å². The fraction of sp³-hybridized carbons (Fsp3) is 0.500. The smallest absolute Gasteiger partial charge is 0.157 e. The molecule has 0 radical (unpaired) electrons. The van der Waals surface area contributed by atoms with E-state index in [0.717, 1.165) is 31.7 Å². The number of aromatic hydroxyl groups is 2. The lowest BCUT2D eigenvalue weighted by atomic mass is 10.1. The number of rotatable bonds is 2. The predicted octanol–water partition coefficient (Wildman–Crippen LogP) is 1.06. The standard InChI is InChI=1S/C12H18N2O2/c1-9(14-6-4-13-5-7-14)10-2-3-11(15)12(16)8-10/h2-3,8-9,13,15-16H,4-7H2,1H3. The average molecular weight is 222 g/mol. The topological polar surface area (TPSA) is 55.7 Å². The fourth-order valence-corrected chi connectivity index (χ4v) is 2.08. The molecule has 1 aromatic carbocycles. The molecule has 1 aliphatic rings. The van der Waals surface area contributed by atoms with Crippen molar-refractivity contribution >= 4 is 0 Å². The minimum Gasteiger partial charge on any atom is -0.504 e. The first kappa shape index (κ1) is 11.2. The van der Waals surface area contributed by atoms with Crippen LogP contribution in [-0.2, 0) is 0 Å². The summed E-state index contributed by atoms with van der Waals surface area (Å²) in [5.74, 6) is -0.101. The molecule has 88 valence electrons. The van der Waals surface area contributed by atoms with Crippen LogP contribution >= 0.6 is 0 Å². The molecule has 0 aliphatic carbocycles. The Morgan fingerprint density at radius 3 is 2.50 bits per heavy atom. The summed E-state index contributed by atoms with van der Waals surface area (Å²) in [6.45, 7) is 6.17. The van der Waals surface area contributed by atoms with Crippen LogP contribution in [0.15, 0.2) is 18.2 Å². The van der Waals surface area contributed by atoms with Crippen LogP contribution in [-0.4, -0.2) is 41.3 Å². The normalized spacial score (nSPS) is 19.6. The number of nitrogens with zero attached hydrogens (tertiary/aromatic N) is 1. The highest BCUT2D eigenvalue weighted by Gasteiger charge is 2.18. The number of nitrogens with one attached hydrogen (secondary N) is 1. The van der Waals surface area contributed by atoms with Gasteiger partial charge in [0, 0.05) is 32.2 Å². The van der Waals surface area contributed by atoms with E-state index in [1.165, 1.54) is 0 Å². The van der Waals surface area contributed by atoms with Gasteiger partial charge in [0.2, 0.25) is 0 Å². The molecule has 0 saturated carbocycles. The molecule has 0 aromatic heterocycles. The Morgan fingerprint density at radius 2 is 1.88 bits per heavy atom. The van der Waals surface area contributed by atoms with Crippen LogP contribution in [0.5, 0.6) is 11.5 Å². The summed E-state index contributed by atoms with van der Waals surface area (Å²) in [5.41, 5.74) is 1.04. The Labute approximate surface area is 95.5 Å². The van der Waals surface area contributed by atoms with Gasteiger partial charge in [-0.1, -0.05) is 6.07 Å². The van der Waals surface area contributed by atoms with Gasteiger partial charge in [0.15, 0.2) is 11.5 Å². The van der Waals surface area contributed by atoms with Crippen LogP contribution in [0.1, 0.15) is 18.5 Å². The Morgan fingerprint density at radius 1 is 1.19 bits per heavy atom. The van der Waals surface area contributed by atoms with Gasteiger partial charge in [-0.15, -0.1) is 0 Å². The number of piperazine rings is 1. The maximum atomic E-state index is 9.47. The van der Waals surface area contributed by atoms with Crippen LogP contribution in [0, 0.1) is 0 Å². The van der Waals surface area contributed by atoms with Crippen LogP contribution < -0.4 is 5.32 Å². The van der Waals surface area contributed by atoms with Gasteiger partial charge >= 0.3 is 0 Å². The summed E-state index contributed by atoms with van der Waals surface area (Å²) in [4.78, 5) is 2.36. The first-order chi connectivity index (χ1) is 7.68. The Balaban J connectivity index is 2.12. The molecule has 1 heterocycles. The molecular weight excluding hydrogens is 204 g/mol. The van der Waals surface area contributed by atoms with Crippen molar-refractivity contribution < 1.29 is 10.2 Å². The quantitative estimate of drug-likeness (QED) is 0.655. The number of benzene rings is 1. The summed E-state index contributed by atoms with van der Waals surface area (Å²) in [6.07, 6.45) is 0. The first-order valence-corrected chi connectivity index (χ1v) is 5.65. The maximum Gasteiger partial charge on any atom is 0.157 e. The van der Waals surface area contributed by atoms with Crippen LogP contribution in [0.25, 0.3) is 0 Å². The average Bonchev–Trinajstić information content (AvgIpc) is 2.33. The Kier molecular flexibility index (Phi) is 3.31. The van der Waals surface area contributed by atoms with Crippen molar-refractivity contribution in [1.82, 2.24) is 10.2 Å². The molecule has 0 spiro atoms. The molecule has 2 rings (SSSR count). The van der Waals surface area contributed by atoms with E-state index < -0.39 is 0 Å². The van der Waals surface area contributed by atoms with E-state index in [1.807, 2.05) is 6.07 Å². The zero-order valence-electron chi connectivity index (χ0n) is 9.48. The third-order valence-electron chi connectivity index (χ3n) is 3.18. The van der Waals surface area contributed by atoms with Crippen molar-refractivity contribution in [2.24, 2.45) is 0 Å². The van der Waals surface area contributed by atoms with E-state index in [2.05, 4.69) is 17.1 Å². The number of phenolic OH excluding ortho intramolecular Hbond substituents is 2. The molecule has 1 atom stereocenters. The molecular formula is C12H18N2O2. The monoisotopic (exact) mass is 222 g/mol. The van der Waals surface area contributed by atoms with E-state index in [1.54, 1.807) is 12.1 Å². The Bertz CT molecular complexity index is 362. The van der Waals surface area contributed by atoms with Crippen molar-refractivity contribution in [1.29, 1.82) is 0 Å². The van der Waals surface area contributed by atoms with Crippen molar-refractivity contribution in [3.8, 4) is 11.5 Å². The van der Waals surface area contributed by atoms with Gasteiger partial charge in [0.1, 0.15) is 0 Å². The maximum absolute atomic E-state index is 9.47. The van der Waals surface area contributed by atoms with Gasteiger partial charge in [-0.2, -0.15) is 0 Å². The molecule has 16 heavy (non-hydrogen) atoms. The summed E-state index contributed by atoms with van der Waals surface area (Å²) in [7, 11) is 0. The van der Waals surface area contributed by atoms with Gasteiger partial charge in [0.25, 0.3) is 0 Å². The number of hydrogen-bond donors (Lipinski definition) is 3. The lowest BCUT2D eigenvalue weighted by molar-refractivity contribution is 0.185. The van der Waals surface area contributed by atoms with Crippen molar-refractivity contribution in [3.05, 3.63) is 23.8 Å². The second kappa shape index (κ2) is 4.72. The van der Waals surface area contributed by atoms with E-state index in [4.69, 9.17) is 0 Å². The molecule has 4 heteroatoms. The van der Waals surface area contributed by atoms with Crippen LogP contribution in [0.3, 0.4) is 0 Å². The van der Waals surface area contributed by atoms with Crippen LogP contribution in [0.2, 0.25) is 0 Å². The molecule has 4 nitrogen and oxygen atoms in total. The molecule has 1 fully saturated rings. The first-order valence-electron chi connectivity index (χ1n) is 5.65. The van der Waals surface area contributed by atoms with Gasteiger partial charge in [-0.05, 0) is 24.6 Å². The van der Waals surface area contributed by atoms with Crippen molar-refractivity contribution in [3.63, 3.8) is 0 Å². The second-order valence-electron chi connectivity index (χ2n) is 4.21. The molecule has 3 N–H and O–H groups in total. The van der Waals surface area contributed by atoms with E-state index in [-0.39, 0.29) is 17.5 Å². The molecule has 1 aliphatic heterocycles. The van der Waals surface area contributed by atoms with E-state index >= 15 is 0 Å². The molecule has 1 saturated heterocycles. The number of phenols is 2. The molecule has 1 unspecified atom stereocenters. The van der Waals surface area contributed by atoms with E-state index in [0.29, 0.717) is 0 Å². The minimum absolute atomic E-state index is 0.0421. The Hall–Kier alpha value is -1.26. The fourth-order valence-electron chi connectivity index (χ4n) is 2.08. The highest BCUT2D eigenvalue weighted by molar-refractivity contribution is 5.41. The minimum atomic E-state index is -0.0590. The van der Waals surface area contributed by atoms with Crippen molar-refractivity contribution in [2.45, 2.75) is 13.0 Å². The SMILES string of the molecule is CC(c1ccc(O)c(O)c1)N1CCNCC1. The van der Waals surface area contributed by atoms with Gasteiger partial charge in [-0.25, -0.2) is 0 Å². The summed E-state index contributed by atoms with van der Waals surface area (Å²) in [6, 6.07) is 5.32. The molecule has 1 aromatic rings. The largest absolute Gasteiger partial charge is 0.504 e. The molecule has 0 amide bonds. The lowest BCUT2D eigenvalue weighted by Crippen LogP contribution is -2.44. The highest BCUT2D eigenvalue weighted by Crippen LogP contribution is 2.29. The third-order valence-corrected chi connectivity index (χ3v) is 3.18. The molecule has 0 bridgehead atoms. The third kappa shape index (κ3) is 2.28. The van der Waals surface area contributed by atoms with Gasteiger partial charge in [0.05, 0.1) is 0 Å². The van der Waals surface area contributed by atoms with E-state index in [9.17, 15) is 10.2 Å². The highest BCUT2D eigenvalue weighted by atomic mass is 16.3. The second-order valence-corrected chi connectivity index (χ2v) is 4.21. The lowest BCUT2D eigenvalue weighted by Gasteiger charge is -2.33. The summed E-state index contributed by atoms with van der Waals surface area (Å²) < 4.78 is 0. The van der Waals surface area contributed by atoms with Gasteiger partial charge < -0.3 is 15.5 Å². The number of hydrogen-bond acceptors (Lipinski definition) is 4. The summed E-state index contributed by atoms with van der Waals surface area (Å²) in [5, 5.41) is 22.0. The zero-order valence-corrected chi connectivity index (χ0v) is 9.48. The predicted molar refractivity (Wildman–Crippen MR) is 62.6 cm³/mol.